The first-order valence-corrected chi connectivity index (χ1v) is 12.4. The van der Waals surface area contributed by atoms with Gasteiger partial charge >= 0.3 is 6.09 Å². The molecule has 0 aromatic heterocycles. The summed E-state index contributed by atoms with van der Waals surface area (Å²) >= 11 is 3.44. The van der Waals surface area contributed by atoms with Crippen LogP contribution in [0.5, 0.6) is 11.5 Å². The number of rotatable bonds is 14. The van der Waals surface area contributed by atoms with Crippen LogP contribution in [0.15, 0.2) is 72.2 Å². The Morgan fingerprint density at radius 1 is 1.19 bits per heavy atom. The highest BCUT2D eigenvalue weighted by Crippen LogP contribution is 2.44. The van der Waals surface area contributed by atoms with Crippen LogP contribution >= 0.6 is 15.9 Å². The van der Waals surface area contributed by atoms with E-state index in [1.165, 1.54) is 6.08 Å². The molecule has 3 atom stereocenters. The van der Waals surface area contributed by atoms with Crippen molar-refractivity contribution in [3.8, 4) is 11.5 Å². The number of hydrogen-bond acceptors (Lipinski definition) is 7. The number of carbonyl (C=O) groups is 1. The van der Waals surface area contributed by atoms with Gasteiger partial charge in [-0.25, -0.2) is 4.79 Å². The van der Waals surface area contributed by atoms with Gasteiger partial charge < -0.3 is 28.8 Å². The summed E-state index contributed by atoms with van der Waals surface area (Å²) in [7, 11) is 1.60. The number of carbonyl (C=O) groups excluding carboxylic acids is 1. The molecule has 0 spiro atoms. The van der Waals surface area contributed by atoms with Crippen molar-refractivity contribution in [2.75, 3.05) is 33.7 Å². The fourth-order valence-corrected chi connectivity index (χ4v) is 4.13. The first kappa shape index (κ1) is 27.7. The van der Waals surface area contributed by atoms with Gasteiger partial charge in [0, 0.05) is 29.8 Å². The van der Waals surface area contributed by atoms with Crippen molar-refractivity contribution in [3.05, 3.63) is 83.4 Å². The number of fused-ring (bicyclic) bond motifs is 1. The number of methoxy groups -OCH3 is 1. The van der Waals surface area contributed by atoms with Crippen LogP contribution in [0.4, 0.5) is 4.79 Å². The Kier molecular flexibility index (Phi) is 10.8. The summed E-state index contributed by atoms with van der Waals surface area (Å²) in [5, 5.41) is 10.9. The largest absolute Gasteiger partial charge is 0.485 e. The summed E-state index contributed by atoms with van der Waals surface area (Å²) in [6.45, 7) is 8.61. The number of halogens is 1. The molecule has 0 fully saturated rings. The third-order valence-corrected chi connectivity index (χ3v) is 6.10. The minimum Gasteiger partial charge on any atom is -0.485 e. The molecule has 1 heterocycles. The number of hydrogen-bond donors (Lipinski definition) is 1. The molecular weight excluding hydrogens is 530 g/mol. The zero-order valence-corrected chi connectivity index (χ0v) is 21.9. The molecule has 0 unspecified atom stereocenters. The molecule has 1 aliphatic heterocycles. The summed E-state index contributed by atoms with van der Waals surface area (Å²) in [5.41, 5.74) is 1.63. The monoisotopic (exact) mass is 561 g/mol. The lowest BCUT2D eigenvalue weighted by Gasteiger charge is -2.33. The minimum absolute atomic E-state index is 0.0532. The molecule has 36 heavy (non-hydrogen) atoms. The third-order valence-electron chi connectivity index (χ3n) is 5.57. The van der Waals surface area contributed by atoms with Crippen LogP contribution in [0, 0.1) is 0 Å². The van der Waals surface area contributed by atoms with Gasteiger partial charge in [-0.1, -0.05) is 46.8 Å². The molecule has 0 saturated carbocycles. The first-order chi connectivity index (χ1) is 17.5. The molecule has 1 N–H and O–H groups in total. The highest BCUT2D eigenvalue weighted by Gasteiger charge is 2.44. The SMILES string of the molecule is C=CCOC(=O)N(Cc1ccc(Br)cc1)[C@H]1c2ccc(OCOCCOC)cc2O[C@@H]1[C@H](O)CC=C. The zero-order chi connectivity index (χ0) is 25.9. The summed E-state index contributed by atoms with van der Waals surface area (Å²) in [6, 6.07) is 12.4. The van der Waals surface area contributed by atoms with Gasteiger partial charge in [0.05, 0.1) is 19.3 Å². The van der Waals surface area contributed by atoms with E-state index >= 15 is 0 Å². The quantitative estimate of drug-likeness (QED) is 0.197. The average Bonchev–Trinajstić information content (AvgIpc) is 3.25. The maximum atomic E-state index is 13.2. The normalized spacial score (nSPS) is 17.0. The molecule has 0 aliphatic carbocycles. The van der Waals surface area contributed by atoms with Gasteiger partial charge in [0.2, 0.25) is 0 Å². The Morgan fingerprint density at radius 2 is 1.97 bits per heavy atom. The smallest absolute Gasteiger partial charge is 0.411 e. The van der Waals surface area contributed by atoms with E-state index in [4.69, 9.17) is 23.7 Å². The van der Waals surface area contributed by atoms with Gasteiger partial charge in [-0.2, -0.15) is 0 Å². The van der Waals surface area contributed by atoms with Crippen LogP contribution in [-0.4, -0.2) is 62.0 Å². The summed E-state index contributed by atoms with van der Waals surface area (Å²) < 4.78 is 28.5. The van der Waals surface area contributed by atoms with Crippen LogP contribution in [-0.2, 0) is 20.8 Å². The van der Waals surface area contributed by atoms with E-state index < -0.39 is 24.3 Å². The van der Waals surface area contributed by atoms with Crippen molar-refractivity contribution >= 4 is 22.0 Å². The maximum Gasteiger partial charge on any atom is 0.411 e. The molecule has 194 valence electrons. The second-order valence-electron chi connectivity index (χ2n) is 8.10. The standard InChI is InChI=1S/C27H32BrNO7/c1-4-6-23(30)26-25(22-12-11-21(16-24(22)36-26)35-18-33-15-14-32-3)29(27(31)34-13-5-2)17-19-7-9-20(28)10-8-19/h4-5,7-12,16,23,25-26,30H,1-2,6,13-15,17-18H2,3H3/t23-,25+,26-/m1/s1. The minimum atomic E-state index is -0.902. The third kappa shape index (κ3) is 7.33. The zero-order valence-electron chi connectivity index (χ0n) is 20.3. The van der Waals surface area contributed by atoms with Gasteiger partial charge in [0.25, 0.3) is 0 Å². The molecule has 0 saturated heterocycles. The van der Waals surface area contributed by atoms with Gasteiger partial charge in [-0.15, -0.1) is 6.58 Å². The van der Waals surface area contributed by atoms with Crippen molar-refractivity contribution in [3.63, 3.8) is 0 Å². The molecule has 1 aliphatic rings. The molecule has 9 heteroatoms. The van der Waals surface area contributed by atoms with E-state index in [-0.39, 0.29) is 19.9 Å². The van der Waals surface area contributed by atoms with Gasteiger partial charge in [-0.05, 0) is 36.2 Å². The van der Waals surface area contributed by atoms with Gasteiger partial charge in [0.1, 0.15) is 30.3 Å². The maximum absolute atomic E-state index is 13.2. The number of nitrogens with zero attached hydrogens (tertiary/aromatic N) is 1. The van der Waals surface area contributed by atoms with Crippen molar-refractivity contribution in [2.45, 2.75) is 31.2 Å². The average molecular weight is 562 g/mol. The predicted octanol–water partition coefficient (Wildman–Crippen LogP) is 5.01. The molecule has 2 aromatic rings. The molecule has 8 nitrogen and oxygen atoms in total. The summed E-state index contributed by atoms with van der Waals surface area (Å²) in [5.74, 6) is 1.05. The van der Waals surface area contributed by atoms with E-state index in [0.29, 0.717) is 31.1 Å². The van der Waals surface area contributed by atoms with E-state index in [2.05, 4.69) is 29.1 Å². The molecule has 1 amide bonds. The summed E-state index contributed by atoms with van der Waals surface area (Å²) in [6.07, 6.45) is 1.24. The lowest BCUT2D eigenvalue weighted by molar-refractivity contribution is -0.00962. The van der Waals surface area contributed by atoms with Crippen molar-refractivity contribution < 1.29 is 33.6 Å². The van der Waals surface area contributed by atoms with Crippen LogP contribution in [0.2, 0.25) is 0 Å². The number of aliphatic hydroxyl groups is 1. The molecule has 2 aromatic carbocycles. The number of benzene rings is 2. The van der Waals surface area contributed by atoms with Crippen LogP contribution in [0.3, 0.4) is 0 Å². The Morgan fingerprint density at radius 3 is 2.67 bits per heavy atom. The van der Waals surface area contributed by atoms with Crippen LogP contribution < -0.4 is 9.47 Å². The van der Waals surface area contributed by atoms with Gasteiger partial charge in [0.15, 0.2) is 6.79 Å². The second kappa shape index (κ2) is 14.0. The van der Waals surface area contributed by atoms with E-state index in [1.54, 1.807) is 30.2 Å². The van der Waals surface area contributed by atoms with E-state index in [0.717, 1.165) is 15.6 Å². The van der Waals surface area contributed by atoms with Crippen molar-refractivity contribution in [2.24, 2.45) is 0 Å². The highest BCUT2D eigenvalue weighted by molar-refractivity contribution is 9.10. The Hall–Kier alpha value is -2.85. The van der Waals surface area contributed by atoms with E-state index in [9.17, 15) is 9.90 Å². The first-order valence-electron chi connectivity index (χ1n) is 11.6. The fourth-order valence-electron chi connectivity index (χ4n) is 3.86. The Bertz CT molecular complexity index is 1010. The van der Waals surface area contributed by atoms with Crippen LogP contribution in [0.1, 0.15) is 23.6 Å². The number of amides is 1. The molecular formula is C27H32BrNO7. The predicted molar refractivity (Wildman–Crippen MR) is 139 cm³/mol. The van der Waals surface area contributed by atoms with E-state index in [1.807, 2.05) is 30.3 Å². The summed E-state index contributed by atoms with van der Waals surface area (Å²) in [4.78, 5) is 14.8. The number of aliphatic hydroxyl groups excluding tert-OH is 1. The molecule has 3 rings (SSSR count). The van der Waals surface area contributed by atoms with Crippen molar-refractivity contribution in [1.29, 1.82) is 0 Å². The second-order valence-corrected chi connectivity index (χ2v) is 9.02. The number of ether oxygens (including phenoxy) is 5. The molecule has 0 radical (unpaired) electrons. The Balaban J connectivity index is 1.91. The highest BCUT2D eigenvalue weighted by atomic mass is 79.9. The van der Waals surface area contributed by atoms with Crippen molar-refractivity contribution in [1.82, 2.24) is 4.90 Å². The lowest BCUT2D eigenvalue weighted by Crippen LogP contribution is -2.44. The molecule has 0 bridgehead atoms. The van der Waals surface area contributed by atoms with Gasteiger partial charge in [-0.3, -0.25) is 4.90 Å². The Labute approximate surface area is 220 Å². The fraction of sp³-hybridized carbons (Fsp3) is 0.370. The lowest BCUT2D eigenvalue weighted by atomic mass is 9.96. The van der Waals surface area contributed by atoms with Crippen LogP contribution in [0.25, 0.3) is 0 Å². The topological polar surface area (TPSA) is 86.7 Å².